The van der Waals surface area contributed by atoms with Crippen LogP contribution < -0.4 is 10.1 Å². The van der Waals surface area contributed by atoms with Crippen molar-refractivity contribution in [3.8, 4) is 5.75 Å². The van der Waals surface area contributed by atoms with Crippen LogP contribution in [0.25, 0.3) is 0 Å². The van der Waals surface area contributed by atoms with Gasteiger partial charge in [0, 0.05) is 6.54 Å². The third kappa shape index (κ3) is 5.07. The van der Waals surface area contributed by atoms with E-state index in [1.165, 1.54) is 5.56 Å². The Morgan fingerprint density at radius 2 is 2.06 bits per heavy atom. The highest BCUT2D eigenvalue weighted by Crippen LogP contribution is 2.28. The highest BCUT2D eigenvalue weighted by atomic mass is 16.5. The fourth-order valence-electron chi connectivity index (χ4n) is 1.82. The van der Waals surface area contributed by atoms with Gasteiger partial charge in [-0.2, -0.15) is 0 Å². The normalized spacial score (nSPS) is 12.4. The summed E-state index contributed by atoms with van der Waals surface area (Å²) >= 11 is 0. The zero-order chi connectivity index (χ0) is 13.2. The van der Waals surface area contributed by atoms with Crippen LogP contribution in [-0.2, 0) is 0 Å². The van der Waals surface area contributed by atoms with Crippen LogP contribution >= 0.6 is 0 Å². The van der Waals surface area contributed by atoms with Crippen molar-refractivity contribution in [2.45, 2.75) is 32.6 Å². The van der Waals surface area contributed by atoms with Gasteiger partial charge in [0.15, 0.2) is 0 Å². The minimum atomic E-state index is 0.192. The SMILES string of the molecule is CCC(C)c1ccccc1OCCCNCCO. The van der Waals surface area contributed by atoms with E-state index in [0.717, 1.165) is 25.1 Å². The Balaban J connectivity index is 2.37. The van der Waals surface area contributed by atoms with Crippen LogP contribution in [0.3, 0.4) is 0 Å². The maximum absolute atomic E-state index is 8.63. The molecule has 0 radical (unpaired) electrons. The molecule has 3 nitrogen and oxygen atoms in total. The van der Waals surface area contributed by atoms with Crippen molar-refractivity contribution >= 4 is 0 Å². The predicted molar refractivity (Wildman–Crippen MR) is 75.2 cm³/mol. The minimum Gasteiger partial charge on any atom is -0.493 e. The average Bonchev–Trinajstić information content (AvgIpc) is 2.42. The Kier molecular flexibility index (Phi) is 7.46. The van der Waals surface area contributed by atoms with E-state index in [4.69, 9.17) is 9.84 Å². The van der Waals surface area contributed by atoms with Gasteiger partial charge < -0.3 is 15.2 Å². The summed E-state index contributed by atoms with van der Waals surface area (Å²) in [6.07, 6.45) is 2.08. The molecule has 0 amide bonds. The Morgan fingerprint density at radius 3 is 2.78 bits per heavy atom. The van der Waals surface area contributed by atoms with Gasteiger partial charge >= 0.3 is 0 Å². The molecule has 18 heavy (non-hydrogen) atoms. The fourth-order valence-corrected chi connectivity index (χ4v) is 1.82. The lowest BCUT2D eigenvalue weighted by atomic mass is 9.98. The second-order valence-corrected chi connectivity index (χ2v) is 4.52. The number of benzene rings is 1. The monoisotopic (exact) mass is 251 g/mol. The van der Waals surface area contributed by atoms with Gasteiger partial charge in [0.05, 0.1) is 13.2 Å². The number of para-hydroxylation sites is 1. The standard InChI is InChI=1S/C15H25NO2/c1-3-13(2)14-7-4-5-8-15(14)18-12-6-9-16-10-11-17/h4-5,7-8,13,16-17H,3,6,9-12H2,1-2H3. The van der Waals surface area contributed by atoms with Crippen molar-refractivity contribution in [2.75, 3.05) is 26.3 Å². The van der Waals surface area contributed by atoms with Gasteiger partial charge in [-0.25, -0.2) is 0 Å². The smallest absolute Gasteiger partial charge is 0.122 e. The van der Waals surface area contributed by atoms with E-state index in [2.05, 4.69) is 31.3 Å². The number of hydrogen-bond acceptors (Lipinski definition) is 3. The topological polar surface area (TPSA) is 41.5 Å². The summed E-state index contributed by atoms with van der Waals surface area (Å²) in [5, 5.41) is 11.8. The average molecular weight is 251 g/mol. The first-order valence-electron chi connectivity index (χ1n) is 6.82. The molecule has 0 aliphatic heterocycles. The molecule has 0 aromatic heterocycles. The van der Waals surface area contributed by atoms with E-state index in [9.17, 15) is 0 Å². The van der Waals surface area contributed by atoms with E-state index in [-0.39, 0.29) is 6.61 Å². The number of nitrogens with one attached hydrogen (secondary N) is 1. The Labute approximate surface area is 110 Å². The first-order valence-corrected chi connectivity index (χ1v) is 6.82. The first kappa shape index (κ1) is 15.0. The summed E-state index contributed by atoms with van der Waals surface area (Å²) in [6.45, 7) is 6.87. The number of aliphatic hydroxyl groups is 1. The maximum atomic E-state index is 8.63. The van der Waals surface area contributed by atoms with E-state index in [1.807, 2.05) is 12.1 Å². The summed E-state index contributed by atoms with van der Waals surface area (Å²) < 4.78 is 5.84. The molecule has 0 fully saturated rings. The van der Waals surface area contributed by atoms with Crippen LogP contribution in [0.4, 0.5) is 0 Å². The highest BCUT2D eigenvalue weighted by Gasteiger charge is 2.08. The molecule has 102 valence electrons. The molecule has 1 unspecified atom stereocenters. The van der Waals surface area contributed by atoms with Crippen molar-refractivity contribution < 1.29 is 9.84 Å². The number of aliphatic hydroxyl groups excluding tert-OH is 1. The van der Waals surface area contributed by atoms with Gasteiger partial charge in [-0.05, 0) is 36.9 Å². The Hall–Kier alpha value is -1.06. The molecule has 0 spiro atoms. The molecule has 1 aromatic rings. The van der Waals surface area contributed by atoms with Crippen molar-refractivity contribution in [1.82, 2.24) is 5.32 Å². The van der Waals surface area contributed by atoms with Crippen molar-refractivity contribution in [2.24, 2.45) is 0 Å². The van der Waals surface area contributed by atoms with E-state index >= 15 is 0 Å². The van der Waals surface area contributed by atoms with Crippen LogP contribution in [0.5, 0.6) is 5.75 Å². The van der Waals surface area contributed by atoms with Gasteiger partial charge in [-0.3, -0.25) is 0 Å². The molecule has 1 atom stereocenters. The molecule has 0 saturated heterocycles. The van der Waals surface area contributed by atoms with Gasteiger partial charge in [0.2, 0.25) is 0 Å². The van der Waals surface area contributed by atoms with E-state index < -0.39 is 0 Å². The first-order chi connectivity index (χ1) is 8.79. The molecule has 0 heterocycles. The molecule has 1 aromatic carbocycles. The third-order valence-electron chi connectivity index (χ3n) is 3.11. The third-order valence-corrected chi connectivity index (χ3v) is 3.11. The van der Waals surface area contributed by atoms with Crippen LogP contribution in [0.1, 0.15) is 38.2 Å². The molecule has 1 rings (SSSR count). The summed E-state index contributed by atoms with van der Waals surface area (Å²) in [5.41, 5.74) is 1.29. The van der Waals surface area contributed by atoms with Crippen molar-refractivity contribution in [3.05, 3.63) is 29.8 Å². The molecule has 0 saturated carbocycles. The lowest BCUT2D eigenvalue weighted by Gasteiger charge is -2.15. The molecule has 0 bridgehead atoms. The summed E-state index contributed by atoms with van der Waals surface area (Å²) in [7, 11) is 0. The Morgan fingerprint density at radius 1 is 1.28 bits per heavy atom. The molecule has 2 N–H and O–H groups in total. The van der Waals surface area contributed by atoms with Gasteiger partial charge in [-0.15, -0.1) is 0 Å². The predicted octanol–water partition coefficient (Wildman–Crippen LogP) is 2.55. The van der Waals surface area contributed by atoms with Gasteiger partial charge in [-0.1, -0.05) is 32.0 Å². The lowest BCUT2D eigenvalue weighted by Crippen LogP contribution is -2.21. The van der Waals surface area contributed by atoms with Gasteiger partial charge in [0.25, 0.3) is 0 Å². The van der Waals surface area contributed by atoms with Crippen LogP contribution in [0.2, 0.25) is 0 Å². The maximum Gasteiger partial charge on any atom is 0.122 e. The summed E-state index contributed by atoms with van der Waals surface area (Å²) in [5.74, 6) is 1.54. The molecule has 3 heteroatoms. The Bertz CT molecular complexity index is 328. The number of ether oxygens (including phenoxy) is 1. The summed E-state index contributed by atoms with van der Waals surface area (Å²) in [4.78, 5) is 0. The zero-order valence-corrected chi connectivity index (χ0v) is 11.5. The molecular formula is C15H25NO2. The second kappa shape index (κ2) is 8.95. The molecule has 0 aliphatic rings. The van der Waals surface area contributed by atoms with Crippen LogP contribution in [0, 0.1) is 0 Å². The van der Waals surface area contributed by atoms with Gasteiger partial charge in [0.1, 0.15) is 5.75 Å². The minimum absolute atomic E-state index is 0.192. The van der Waals surface area contributed by atoms with Crippen molar-refractivity contribution in [3.63, 3.8) is 0 Å². The fraction of sp³-hybridized carbons (Fsp3) is 0.600. The van der Waals surface area contributed by atoms with E-state index in [1.54, 1.807) is 0 Å². The quantitative estimate of drug-likeness (QED) is 0.663. The number of rotatable bonds is 9. The van der Waals surface area contributed by atoms with Crippen LogP contribution in [-0.4, -0.2) is 31.4 Å². The van der Waals surface area contributed by atoms with Crippen LogP contribution in [0.15, 0.2) is 24.3 Å². The second-order valence-electron chi connectivity index (χ2n) is 4.52. The number of hydrogen-bond donors (Lipinski definition) is 2. The molecular weight excluding hydrogens is 226 g/mol. The highest BCUT2D eigenvalue weighted by molar-refractivity contribution is 5.35. The molecule has 0 aliphatic carbocycles. The largest absolute Gasteiger partial charge is 0.493 e. The van der Waals surface area contributed by atoms with Crippen molar-refractivity contribution in [1.29, 1.82) is 0 Å². The van der Waals surface area contributed by atoms with E-state index in [0.29, 0.717) is 19.1 Å². The summed E-state index contributed by atoms with van der Waals surface area (Å²) in [6, 6.07) is 8.28. The zero-order valence-electron chi connectivity index (χ0n) is 11.5. The lowest BCUT2D eigenvalue weighted by molar-refractivity contribution is 0.280.